The van der Waals surface area contributed by atoms with Crippen LogP contribution in [0.3, 0.4) is 0 Å². The highest BCUT2D eigenvalue weighted by molar-refractivity contribution is 5.98. The number of carbonyl (C=O) groups excluding carboxylic acids is 1. The van der Waals surface area contributed by atoms with Crippen molar-refractivity contribution in [2.45, 2.75) is 13.0 Å². The fourth-order valence-electron chi connectivity index (χ4n) is 3.50. The smallest absolute Gasteiger partial charge is 0.270 e. The maximum absolute atomic E-state index is 13.4. The van der Waals surface area contributed by atoms with E-state index in [1.54, 1.807) is 6.20 Å². The molecule has 0 N–H and O–H groups in total. The molecule has 28 heavy (non-hydrogen) atoms. The number of aromatic nitrogens is 2. The number of hydrogen-bond donors (Lipinski definition) is 0. The van der Waals surface area contributed by atoms with E-state index in [-0.39, 0.29) is 5.91 Å². The first-order chi connectivity index (χ1) is 13.7. The fraction of sp³-hybridized carbons (Fsp3) is 0.167. The van der Waals surface area contributed by atoms with Crippen molar-refractivity contribution in [1.82, 2.24) is 14.5 Å². The van der Waals surface area contributed by atoms with Gasteiger partial charge in [0.05, 0.1) is 12.2 Å². The zero-order valence-electron chi connectivity index (χ0n) is 16.0. The SMILES string of the molecule is Cn1c(C(=O)N(CCc2ccccc2)Cc2ccccn2)cc2ccccc21. The zero-order chi connectivity index (χ0) is 19.3. The normalized spacial score (nSPS) is 10.9. The molecule has 2 heterocycles. The molecule has 0 aliphatic rings. The van der Waals surface area contributed by atoms with Crippen LogP contribution in [0.1, 0.15) is 21.7 Å². The summed E-state index contributed by atoms with van der Waals surface area (Å²) >= 11 is 0. The Kier molecular flexibility index (Phi) is 5.20. The van der Waals surface area contributed by atoms with E-state index in [4.69, 9.17) is 0 Å². The standard InChI is InChI=1S/C24H23N3O/c1-26-22-13-6-5-11-20(22)17-23(26)24(28)27(18-21-12-7-8-15-25-21)16-14-19-9-3-2-4-10-19/h2-13,15,17H,14,16,18H2,1H3. The van der Waals surface area contributed by atoms with Crippen molar-refractivity contribution < 1.29 is 4.79 Å². The molecule has 0 saturated heterocycles. The van der Waals surface area contributed by atoms with E-state index >= 15 is 0 Å². The summed E-state index contributed by atoms with van der Waals surface area (Å²) in [5.41, 5.74) is 3.87. The number of aryl methyl sites for hydroxylation is 1. The lowest BCUT2D eigenvalue weighted by Crippen LogP contribution is -2.34. The summed E-state index contributed by atoms with van der Waals surface area (Å²) in [6.07, 6.45) is 2.58. The Balaban J connectivity index is 1.62. The molecule has 0 unspecified atom stereocenters. The summed E-state index contributed by atoms with van der Waals surface area (Å²) in [5, 5.41) is 1.08. The number of rotatable bonds is 6. The molecule has 0 atom stereocenters. The third-order valence-corrected chi connectivity index (χ3v) is 5.05. The van der Waals surface area contributed by atoms with Gasteiger partial charge in [0, 0.05) is 30.7 Å². The predicted molar refractivity (Wildman–Crippen MR) is 112 cm³/mol. The van der Waals surface area contributed by atoms with Gasteiger partial charge in [-0.25, -0.2) is 0 Å². The van der Waals surface area contributed by atoms with E-state index in [9.17, 15) is 4.79 Å². The van der Waals surface area contributed by atoms with Crippen molar-refractivity contribution in [1.29, 1.82) is 0 Å². The van der Waals surface area contributed by atoms with Crippen LogP contribution in [0, 0.1) is 0 Å². The van der Waals surface area contributed by atoms with E-state index in [2.05, 4.69) is 17.1 Å². The Hall–Kier alpha value is -3.40. The molecule has 4 heteroatoms. The molecule has 0 fully saturated rings. The van der Waals surface area contributed by atoms with Crippen LogP contribution in [0.5, 0.6) is 0 Å². The molecule has 0 aliphatic carbocycles. The molecule has 0 spiro atoms. The number of hydrogen-bond acceptors (Lipinski definition) is 2. The summed E-state index contributed by atoms with van der Waals surface area (Å²) < 4.78 is 1.98. The Labute approximate surface area is 165 Å². The monoisotopic (exact) mass is 369 g/mol. The lowest BCUT2D eigenvalue weighted by atomic mass is 10.1. The number of pyridine rings is 1. The molecule has 0 radical (unpaired) electrons. The van der Waals surface area contributed by atoms with Crippen LogP contribution in [0.2, 0.25) is 0 Å². The van der Waals surface area contributed by atoms with Crippen LogP contribution < -0.4 is 0 Å². The van der Waals surface area contributed by atoms with Gasteiger partial charge in [0.2, 0.25) is 0 Å². The van der Waals surface area contributed by atoms with Gasteiger partial charge < -0.3 is 9.47 Å². The molecular weight excluding hydrogens is 346 g/mol. The van der Waals surface area contributed by atoms with Gasteiger partial charge in [0.1, 0.15) is 5.69 Å². The molecule has 0 aliphatic heterocycles. The van der Waals surface area contributed by atoms with E-state index < -0.39 is 0 Å². The average Bonchev–Trinajstić information content (AvgIpc) is 3.09. The second kappa shape index (κ2) is 8.09. The number of benzene rings is 2. The van der Waals surface area contributed by atoms with Crippen LogP contribution in [0.4, 0.5) is 0 Å². The molecule has 140 valence electrons. The molecule has 0 saturated carbocycles. The van der Waals surface area contributed by atoms with Crippen LogP contribution in [0.15, 0.2) is 85.1 Å². The van der Waals surface area contributed by atoms with E-state index in [1.165, 1.54) is 5.56 Å². The van der Waals surface area contributed by atoms with Crippen molar-refractivity contribution in [3.8, 4) is 0 Å². The second-order valence-corrected chi connectivity index (χ2v) is 6.93. The van der Waals surface area contributed by atoms with Gasteiger partial charge in [-0.15, -0.1) is 0 Å². The third kappa shape index (κ3) is 3.81. The van der Waals surface area contributed by atoms with E-state index in [0.29, 0.717) is 18.8 Å². The number of nitrogens with zero attached hydrogens (tertiary/aromatic N) is 3. The molecule has 4 aromatic rings. The Morgan fingerprint density at radius 3 is 2.46 bits per heavy atom. The fourth-order valence-corrected chi connectivity index (χ4v) is 3.50. The van der Waals surface area contributed by atoms with Crippen LogP contribution in [0.25, 0.3) is 10.9 Å². The van der Waals surface area contributed by atoms with Crippen molar-refractivity contribution in [2.24, 2.45) is 7.05 Å². The summed E-state index contributed by atoms with van der Waals surface area (Å²) in [6, 6.07) is 26.1. The summed E-state index contributed by atoms with van der Waals surface area (Å²) in [6.45, 7) is 1.13. The van der Waals surface area contributed by atoms with Gasteiger partial charge in [-0.05, 0) is 36.2 Å². The molecule has 1 amide bonds. The molecule has 4 rings (SSSR count). The van der Waals surface area contributed by atoms with E-state index in [0.717, 1.165) is 23.0 Å². The largest absolute Gasteiger partial charge is 0.340 e. The first-order valence-electron chi connectivity index (χ1n) is 9.50. The molecule has 2 aromatic heterocycles. The highest BCUT2D eigenvalue weighted by Gasteiger charge is 2.20. The number of fused-ring (bicyclic) bond motifs is 1. The Morgan fingerprint density at radius 2 is 1.71 bits per heavy atom. The minimum Gasteiger partial charge on any atom is -0.340 e. The second-order valence-electron chi connectivity index (χ2n) is 6.93. The highest BCUT2D eigenvalue weighted by atomic mass is 16.2. The molecule has 2 aromatic carbocycles. The van der Waals surface area contributed by atoms with Gasteiger partial charge in [0.25, 0.3) is 5.91 Å². The Morgan fingerprint density at radius 1 is 0.964 bits per heavy atom. The lowest BCUT2D eigenvalue weighted by Gasteiger charge is -2.23. The van der Waals surface area contributed by atoms with E-state index in [1.807, 2.05) is 83.2 Å². The van der Waals surface area contributed by atoms with Gasteiger partial charge in [-0.3, -0.25) is 9.78 Å². The molecule has 0 bridgehead atoms. The van der Waals surface area contributed by atoms with Crippen molar-refractivity contribution in [2.75, 3.05) is 6.54 Å². The summed E-state index contributed by atoms with van der Waals surface area (Å²) in [7, 11) is 1.95. The maximum Gasteiger partial charge on any atom is 0.270 e. The van der Waals surface area contributed by atoms with Crippen LogP contribution in [-0.2, 0) is 20.0 Å². The predicted octanol–water partition coefficient (Wildman–Crippen LogP) is 4.46. The molecular formula is C24H23N3O. The highest BCUT2D eigenvalue weighted by Crippen LogP contribution is 2.20. The van der Waals surface area contributed by atoms with Crippen LogP contribution in [-0.4, -0.2) is 26.9 Å². The number of amides is 1. The first kappa shape index (κ1) is 18.0. The molecule has 4 nitrogen and oxygen atoms in total. The minimum absolute atomic E-state index is 0.0280. The number of para-hydroxylation sites is 1. The van der Waals surface area contributed by atoms with Gasteiger partial charge in [0.15, 0.2) is 0 Å². The van der Waals surface area contributed by atoms with Gasteiger partial charge in [-0.1, -0.05) is 54.6 Å². The first-order valence-corrected chi connectivity index (χ1v) is 9.50. The zero-order valence-corrected chi connectivity index (χ0v) is 16.0. The number of carbonyl (C=O) groups is 1. The van der Waals surface area contributed by atoms with Crippen molar-refractivity contribution >= 4 is 16.8 Å². The van der Waals surface area contributed by atoms with Crippen molar-refractivity contribution in [3.63, 3.8) is 0 Å². The minimum atomic E-state index is 0.0280. The average molecular weight is 369 g/mol. The Bertz CT molecular complexity index is 1070. The van der Waals surface area contributed by atoms with Gasteiger partial charge in [-0.2, -0.15) is 0 Å². The quantitative estimate of drug-likeness (QED) is 0.503. The summed E-state index contributed by atoms with van der Waals surface area (Å²) in [4.78, 5) is 19.7. The summed E-state index contributed by atoms with van der Waals surface area (Å²) in [5.74, 6) is 0.0280. The van der Waals surface area contributed by atoms with Crippen molar-refractivity contribution in [3.05, 3.63) is 102 Å². The third-order valence-electron chi connectivity index (χ3n) is 5.05. The van der Waals surface area contributed by atoms with Crippen LogP contribution >= 0.6 is 0 Å². The maximum atomic E-state index is 13.4. The topological polar surface area (TPSA) is 38.1 Å². The van der Waals surface area contributed by atoms with Gasteiger partial charge >= 0.3 is 0 Å². The lowest BCUT2D eigenvalue weighted by molar-refractivity contribution is 0.0734.